The number of rotatable bonds is 75. The first kappa shape index (κ1) is 92.1. The maximum absolute atomic E-state index is 13.1. The van der Waals surface area contributed by atoms with E-state index >= 15 is 0 Å². The van der Waals surface area contributed by atoms with Crippen molar-refractivity contribution in [3.05, 3.63) is 0 Å². The van der Waals surface area contributed by atoms with Gasteiger partial charge in [0.1, 0.15) is 19.3 Å². The highest BCUT2D eigenvalue weighted by Gasteiger charge is 2.30. The predicted molar refractivity (Wildman–Crippen MR) is 382 cm³/mol. The van der Waals surface area contributed by atoms with Gasteiger partial charge in [-0.1, -0.05) is 343 Å². The number of hydrogen-bond donors (Lipinski definition) is 3. The van der Waals surface area contributed by atoms with E-state index in [2.05, 4.69) is 34.6 Å². The van der Waals surface area contributed by atoms with Gasteiger partial charge in [-0.2, -0.15) is 0 Å². The fourth-order valence-corrected chi connectivity index (χ4v) is 13.1. The van der Waals surface area contributed by atoms with E-state index in [0.29, 0.717) is 25.7 Å². The molecule has 0 amide bonds. The first-order chi connectivity index (χ1) is 45.5. The lowest BCUT2D eigenvalue weighted by Gasteiger charge is -2.21. The van der Waals surface area contributed by atoms with E-state index in [0.717, 1.165) is 95.8 Å². The molecular formula is C75H146O17P2. The van der Waals surface area contributed by atoms with Crippen LogP contribution in [0.3, 0.4) is 0 Å². The van der Waals surface area contributed by atoms with Crippen molar-refractivity contribution >= 4 is 39.5 Å². The number of phosphoric ester groups is 2. The average Bonchev–Trinajstić information content (AvgIpc) is 1.38. The van der Waals surface area contributed by atoms with Crippen molar-refractivity contribution in [2.24, 2.45) is 5.92 Å². The zero-order chi connectivity index (χ0) is 69.1. The van der Waals surface area contributed by atoms with Gasteiger partial charge in [0.25, 0.3) is 0 Å². The van der Waals surface area contributed by atoms with Crippen LogP contribution in [0.2, 0.25) is 0 Å². The molecule has 0 saturated carbocycles. The third-order valence-corrected chi connectivity index (χ3v) is 19.4. The van der Waals surface area contributed by atoms with Crippen LogP contribution in [0.25, 0.3) is 0 Å². The summed E-state index contributed by atoms with van der Waals surface area (Å²) >= 11 is 0. The first-order valence-corrected chi connectivity index (χ1v) is 42.1. The number of esters is 4. The lowest BCUT2D eigenvalue weighted by atomic mass is 10.0. The molecule has 19 heteroatoms. The van der Waals surface area contributed by atoms with Crippen LogP contribution < -0.4 is 0 Å². The van der Waals surface area contributed by atoms with Crippen LogP contribution in [0.4, 0.5) is 0 Å². The van der Waals surface area contributed by atoms with Crippen molar-refractivity contribution < 1.29 is 80.2 Å². The predicted octanol–water partition coefficient (Wildman–Crippen LogP) is 22.1. The van der Waals surface area contributed by atoms with Crippen LogP contribution in [0.1, 0.15) is 394 Å². The minimum absolute atomic E-state index is 0.106. The van der Waals surface area contributed by atoms with Gasteiger partial charge in [-0.3, -0.25) is 37.3 Å². The molecule has 0 bridgehead atoms. The highest BCUT2D eigenvalue weighted by atomic mass is 31.2. The molecule has 0 rings (SSSR count). The van der Waals surface area contributed by atoms with Gasteiger partial charge in [-0.15, -0.1) is 0 Å². The first-order valence-electron chi connectivity index (χ1n) is 39.1. The zero-order valence-electron chi connectivity index (χ0n) is 61.1. The molecular weight excluding hydrogens is 1230 g/mol. The fourth-order valence-electron chi connectivity index (χ4n) is 11.5. The van der Waals surface area contributed by atoms with Crippen molar-refractivity contribution in [3.63, 3.8) is 0 Å². The minimum atomic E-state index is -4.96. The van der Waals surface area contributed by atoms with Crippen LogP contribution in [0.5, 0.6) is 0 Å². The fraction of sp³-hybridized carbons (Fsp3) is 0.947. The Morgan fingerprint density at radius 3 is 0.723 bits per heavy atom. The second-order valence-corrected chi connectivity index (χ2v) is 30.4. The summed E-state index contributed by atoms with van der Waals surface area (Å²) < 4.78 is 68.4. The Hall–Kier alpha value is -1.94. The second-order valence-electron chi connectivity index (χ2n) is 27.5. The van der Waals surface area contributed by atoms with Gasteiger partial charge >= 0.3 is 39.5 Å². The largest absolute Gasteiger partial charge is 0.472 e. The summed E-state index contributed by atoms with van der Waals surface area (Å²) in [6.45, 7) is 7.28. The maximum Gasteiger partial charge on any atom is 0.472 e. The molecule has 94 heavy (non-hydrogen) atoms. The number of ether oxygens (including phenoxy) is 4. The second kappa shape index (κ2) is 68.2. The van der Waals surface area contributed by atoms with E-state index in [4.69, 9.17) is 37.0 Å². The van der Waals surface area contributed by atoms with Crippen molar-refractivity contribution in [2.45, 2.75) is 412 Å². The van der Waals surface area contributed by atoms with Gasteiger partial charge < -0.3 is 33.8 Å². The van der Waals surface area contributed by atoms with Gasteiger partial charge in [-0.05, 0) is 31.6 Å². The summed E-state index contributed by atoms with van der Waals surface area (Å²) in [6.07, 6.45) is 57.0. The normalized spacial score (nSPS) is 14.0. The average molecular weight is 1380 g/mol. The molecule has 3 N–H and O–H groups in total. The summed E-state index contributed by atoms with van der Waals surface area (Å²) in [4.78, 5) is 72.6. The monoisotopic (exact) mass is 1380 g/mol. The van der Waals surface area contributed by atoms with Crippen LogP contribution in [0, 0.1) is 5.92 Å². The van der Waals surface area contributed by atoms with Gasteiger partial charge in [0.15, 0.2) is 12.2 Å². The van der Waals surface area contributed by atoms with Crippen molar-refractivity contribution in [3.8, 4) is 0 Å². The number of hydrogen-bond acceptors (Lipinski definition) is 15. The molecule has 0 spiro atoms. The van der Waals surface area contributed by atoms with Crippen LogP contribution >= 0.6 is 15.6 Å². The molecule has 0 aliphatic rings. The van der Waals surface area contributed by atoms with E-state index in [1.165, 1.54) is 218 Å². The standard InChI is InChI=1S/C75H146O17P2/c1-6-9-12-15-18-21-22-23-24-25-26-29-32-35-40-44-49-54-59-73(78)86-65-71(92-75(80)61-56-51-46-41-36-33-30-27-28-31-34-39-42-47-52-57-68(4)5)67-90-94(83,84)88-63-69(76)62-87-93(81,82)89-66-70(91-74(79)60-55-50-45-38-20-17-14-11-8-3)64-85-72(77)58-53-48-43-37-19-16-13-10-7-2/h68-71,76H,6-67H2,1-5H3,(H,81,82)(H,83,84)/t69-,70+,71+/m0/s1. The number of carbonyl (C=O) groups excluding carboxylic acids is 4. The molecule has 0 aromatic heterocycles. The summed E-state index contributed by atoms with van der Waals surface area (Å²) in [5.41, 5.74) is 0. The molecule has 0 aliphatic carbocycles. The van der Waals surface area contributed by atoms with Crippen molar-refractivity contribution in [1.29, 1.82) is 0 Å². The van der Waals surface area contributed by atoms with Crippen LogP contribution in [0.15, 0.2) is 0 Å². The number of aliphatic hydroxyl groups excluding tert-OH is 1. The smallest absolute Gasteiger partial charge is 0.462 e. The van der Waals surface area contributed by atoms with Crippen LogP contribution in [-0.2, 0) is 65.4 Å². The minimum Gasteiger partial charge on any atom is -0.462 e. The highest BCUT2D eigenvalue weighted by molar-refractivity contribution is 7.47. The Morgan fingerprint density at radius 2 is 0.489 bits per heavy atom. The molecule has 0 heterocycles. The quantitative estimate of drug-likeness (QED) is 0.0222. The molecule has 0 fully saturated rings. The Kier molecular flexibility index (Phi) is 66.8. The van der Waals surface area contributed by atoms with Crippen molar-refractivity contribution in [1.82, 2.24) is 0 Å². The van der Waals surface area contributed by atoms with Crippen molar-refractivity contribution in [2.75, 3.05) is 39.6 Å². The Morgan fingerprint density at radius 1 is 0.287 bits per heavy atom. The number of phosphoric acid groups is 2. The lowest BCUT2D eigenvalue weighted by Crippen LogP contribution is -2.30. The maximum atomic E-state index is 13.1. The summed E-state index contributed by atoms with van der Waals surface area (Å²) in [5.74, 6) is -1.31. The van der Waals surface area contributed by atoms with E-state index in [1.807, 2.05) is 0 Å². The number of carbonyl (C=O) groups is 4. The molecule has 558 valence electrons. The lowest BCUT2D eigenvalue weighted by molar-refractivity contribution is -0.161. The van der Waals surface area contributed by atoms with Gasteiger partial charge in [0.05, 0.1) is 26.4 Å². The Bertz CT molecular complexity index is 1810. The molecule has 0 aromatic rings. The van der Waals surface area contributed by atoms with E-state index in [9.17, 15) is 43.2 Å². The Balaban J connectivity index is 5.18. The topological polar surface area (TPSA) is 237 Å². The molecule has 2 unspecified atom stereocenters. The number of aliphatic hydroxyl groups is 1. The molecule has 0 saturated heterocycles. The zero-order valence-corrected chi connectivity index (χ0v) is 62.9. The number of unbranched alkanes of at least 4 members (excludes halogenated alkanes) is 47. The molecule has 5 atom stereocenters. The van der Waals surface area contributed by atoms with Gasteiger partial charge in [-0.25, -0.2) is 9.13 Å². The van der Waals surface area contributed by atoms with E-state index in [-0.39, 0.29) is 25.7 Å². The third kappa shape index (κ3) is 68.6. The molecule has 0 aliphatic heterocycles. The summed E-state index contributed by atoms with van der Waals surface area (Å²) in [7, 11) is -9.90. The highest BCUT2D eigenvalue weighted by Crippen LogP contribution is 2.45. The van der Waals surface area contributed by atoms with Gasteiger partial charge in [0, 0.05) is 25.7 Å². The van der Waals surface area contributed by atoms with E-state index < -0.39 is 97.5 Å². The molecule has 0 aromatic carbocycles. The van der Waals surface area contributed by atoms with E-state index in [1.54, 1.807) is 0 Å². The molecule has 17 nitrogen and oxygen atoms in total. The third-order valence-electron chi connectivity index (χ3n) is 17.5. The van der Waals surface area contributed by atoms with Crippen LogP contribution in [-0.4, -0.2) is 96.7 Å². The Labute approximate surface area is 575 Å². The summed E-state index contributed by atoms with van der Waals surface area (Å²) in [6, 6.07) is 0. The SMILES string of the molecule is CCCCCCCCCCCCCCCCCCCCC(=O)OC[C@H](COP(=O)(O)OC[C@@H](O)COP(=O)(O)OC[C@@H](COC(=O)CCCCCCCCCCC)OC(=O)CCCCCCCCCCC)OC(=O)CCCCCCCCCCCCCCCCCC(C)C. The summed E-state index contributed by atoms with van der Waals surface area (Å²) in [5, 5.41) is 10.6. The van der Waals surface area contributed by atoms with Gasteiger partial charge in [0.2, 0.25) is 0 Å². The molecule has 0 radical (unpaired) electrons.